The number of esters is 1. The smallest absolute Gasteiger partial charge is 0.319 e. The third-order valence-corrected chi connectivity index (χ3v) is 5.01. The number of ketones is 1. The van der Waals surface area contributed by atoms with Crippen molar-refractivity contribution >= 4 is 23.5 Å². The van der Waals surface area contributed by atoms with Gasteiger partial charge in [0.2, 0.25) is 0 Å². The van der Waals surface area contributed by atoms with Gasteiger partial charge in [-0.3, -0.25) is 9.59 Å². The number of rotatable bonds is 6. The van der Waals surface area contributed by atoms with Crippen molar-refractivity contribution in [2.45, 2.75) is 43.9 Å². The third kappa shape index (κ3) is 3.88. The zero-order chi connectivity index (χ0) is 15.1. The lowest BCUT2D eigenvalue weighted by Gasteiger charge is -2.33. The van der Waals surface area contributed by atoms with E-state index in [2.05, 4.69) is 0 Å². The first kappa shape index (κ1) is 16.1. The molecule has 1 aliphatic carbocycles. The Bertz CT molecular complexity index is 486. The van der Waals surface area contributed by atoms with Gasteiger partial charge in [0.05, 0.1) is 6.61 Å². The average molecular weight is 306 g/mol. The highest BCUT2D eigenvalue weighted by molar-refractivity contribution is 7.99. The van der Waals surface area contributed by atoms with E-state index in [1.54, 1.807) is 18.7 Å². The summed E-state index contributed by atoms with van der Waals surface area (Å²) in [4.78, 5) is 25.9. The van der Waals surface area contributed by atoms with Crippen LogP contribution in [0, 0.1) is 5.41 Å². The monoisotopic (exact) mass is 306 g/mol. The van der Waals surface area contributed by atoms with Gasteiger partial charge in [-0.1, -0.05) is 24.6 Å². The van der Waals surface area contributed by atoms with Crippen molar-refractivity contribution in [1.29, 1.82) is 0 Å². The molecule has 1 aliphatic rings. The first-order valence-corrected chi connectivity index (χ1v) is 8.56. The molecule has 3 nitrogen and oxygen atoms in total. The van der Waals surface area contributed by atoms with Crippen LogP contribution < -0.4 is 0 Å². The predicted molar refractivity (Wildman–Crippen MR) is 84.3 cm³/mol. The number of hydrogen-bond acceptors (Lipinski definition) is 4. The van der Waals surface area contributed by atoms with E-state index in [0.29, 0.717) is 25.9 Å². The number of ether oxygens (including phenoxy) is 1. The molecule has 1 aromatic carbocycles. The summed E-state index contributed by atoms with van der Waals surface area (Å²) >= 11 is 1.69. The molecular weight excluding hydrogens is 284 g/mol. The summed E-state index contributed by atoms with van der Waals surface area (Å²) in [5.41, 5.74) is -0.893. The number of benzene rings is 1. The van der Waals surface area contributed by atoms with E-state index in [0.717, 1.165) is 18.6 Å². The Hall–Kier alpha value is -1.29. The molecule has 0 N–H and O–H groups in total. The minimum absolute atomic E-state index is 0.0702. The Morgan fingerprint density at radius 3 is 2.71 bits per heavy atom. The Labute approximate surface area is 130 Å². The van der Waals surface area contributed by atoms with Crippen molar-refractivity contribution in [3.63, 3.8) is 0 Å². The number of hydrogen-bond donors (Lipinski definition) is 0. The molecule has 2 rings (SSSR count). The van der Waals surface area contributed by atoms with E-state index in [-0.39, 0.29) is 11.8 Å². The lowest BCUT2D eigenvalue weighted by molar-refractivity contribution is -0.162. The number of carbonyl (C=O) groups excluding carboxylic acids is 2. The Balaban J connectivity index is 2.02. The second kappa shape index (κ2) is 7.64. The summed E-state index contributed by atoms with van der Waals surface area (Å²) in [7, 11) is 0. The van der Waals surface area contributed by atoms with Crippen molar-refractivity contribution < 1.29 is 14.3 Å². The number of Topliss-reactive ketones (excluding diaryl/α,β-unsaturated/α-hetero) is 1. The second-order valence-electron chi connectivity index (χ2n) is 5.34. The van der Waals surface area contributed by atoms with Crippen LogP contribution in [0.15, 0.2) is 35.2 Å². The van der Waals surface area contributed by atoms with E-state index >= 15 is 0 Å². The third-order valence-electron chi connectivity index (χ3n) is 4.00. The fraction of sp³-hybridized carbons (Fsp3) is 0.529. The molecule has 4 heteroatoms. The van der Waals surface area contributed by atoms with Crippen molar-refractivity contribution in [3.05, 3.63) is 30.3 Å². The zero-order valence-electron chi connectivity index (χ0n) is 12.5. The van der Waals surface area contributed by atoms with E-state index < -0.39 is 5.41 Å². The van der Waals surface area contributed by atoms with E-state index in [4.69, 9.17) is 4.74 Å². The van der Waals surface area contributed by atoms with Crippen molar-refractivity contribution in [2.75, 3.05) is 12.4 Å². The van der Waals surface area contributed by atoms with Crippen molar-refractivity contribution in [2.24, 2.45) is 5.41 Å². The number of thioether (sulfide) groups is 1. The van der Waals surface area contributed by atoms with Crippen LogP contribution in [0.1, 0.15) is 39.0 Å². The highest BCUT2D eigenvalue weighted by Crippen LogP contribution is 2.39. The van der Waals surface area contributed by atoms with Gasteiger partial charge in [-0.2, -0.15) is 0 Å². The van der Waals surface area contributed by atoms with E-state index in [1.807, 2.05) is 30.3 Å². The summed E-state index contributed by atoms with van der Waals surface area (Å²) in [6.45, 7) is 2.12. The topological polar surface area (TPSA) is 43.4 Å². The fourth-order valence-electron chi connectivity index (χ4n) is 2.80. The van der Waals surface area contributed by atoms with Gasteiger partial charge >= 0.3 is 5.97 Å². The molecule has 0 amide bonds. The average Bonchev–Trinajstić information content (AvgIpc) is 2.50. The molecule has 0 bridgehead atoms. The highest BCUT2D eigenvalue weighted by atomic mass is 32.2. The molecule has 0 radical (unpaired) electrons. The Kier molecular flexibility index (Phi) is 5.85. The van der Waals surface area contributed by atoms with Gasteiger partial charge in [-0.25, -0.2) is 0 Å². The molecule has 0 saturated heterocycles. The molecule has 0 heterocycles. The zero-order valence-corrected chi connectivity index (χ0v) is 13.3. The van der Waals surface area contributed by atoms with Gasteiger partial charge in [-0.05, 0) is 44.1 Å². The summed E-state index contributed by atoms with van der Waals surface area (Å²) in [5, 5.41) is 0. The van der Waals surface area contributed by atoms with Crippen LogP contribution in [0.4, 0.5) is 0 Å². The quantitative estimate of drug-likeness (QED) is 0.455. The van der Waals surface area contributed by atoms with E-state index in [1.165, 1.54) is 4.90 Å². The van der Waals surface area contributed by atoms with Crippen molar-refractivity contribution in [1.82, 2.24) is 0 Å². The molecule has 21 heavy (non-hydrogen) atoms. The predicted octanol–water partition coefficient (Wildman–Crippen LogP) is 3.86. The largest absolute Gasteiger partial charge is 0.465 e. The molecule has 1 atom stereocenters. The first-order valence-electron chi connectivity index (χ1n) is 7.57. The van der Waals surface area contributed by atoms with Crippen LogP contribution in [-0.2, 0) is 14.3 Å². The van der Waals surface area contributed by atoms with Crippen LogP contribution >= 0.6 is 11.8 Å². The molecule has 1 unspecified atom stereocenters. The molecule has 1 aromatic rings. The summed E-state index contributed by atoms with van der Waals surface area (Å²) < 4.78 is 5.19. The molecule has 1 saturated carbocycles. The Morgan fingerprint density at radius 2 is 2.05 bits per heavy atom. The van der Waals surface area contributed by atoms with Crippen molar-refractivity contribution in [3.8, 4) is 0 Å². The molecule has 0 spiro atoms. The fourth-order valence-corrected chi connectivity index (χ4v) is 3.84. The summed E-state index contributed by atoms with van der Waals surface area (Å²) in [6, 6.07) is 10.1. The lowest BCUT2D eigenvalue weighted by Crippen LogP contribution is -2.43. The second-order valence-corrected chi connectivity index (χ2v) is 6.51. The van der Waals surface area contributed by atoms with Gasteiger partial charge in [-0.15, -0.1) is 11.8 Å². The normalized spacial score (nSPS) is 22.0. The van der Waals surface area contributed by atoms with Crippen LogP contribution in [-0.4, -0.2) is 24.1 Å². The maximum atomic E-state index is 12.4. The molecule has 1 fully saturated rings. The minimum atomic E-state index is -0.893. The Morgan fingerprint density at radius 1 is 1.29 bits per heavy atom. The summed E-state index contributed by atoms with van der Waals surface area (Å²) in [6.07, 6.45) is 3.55. The van der Waals surface area contributed by atoms with Gasteiger partial charge < -0.3 is 4.74 Å². The van der Waals surface area contributed by atoms with Gasteiger partial charge in [0.15, 0.2) is 0 Å². The highest BCUT2D eigenvalue weighted by Gasteiger charge is 2.47. The van der Waals surface area contributed by atoms with Gasteiger partial charge in [0.25, 0.3) is 0 Å². The van der Waals surface area contributed by atoms with Crippen LogP contribution in [0.2, 0.25) is 0 Å². The summed E-state index contributed by atoms with van der Waals surface area (Å²) in [5.74, 6) is 0.512. The van der Waals surface area contributed by atoms with Crippen LogP contribution in [0.25, 0.3) is 0 Å². The first-order chi connectivity index (χ1) is 10.2. The molecule has 114 valence electrons. The maximum Gasteiger partial charge on any atom is 0.319 e. The van der Waals surface area contributed by atoms with Crippen LogP contribution in [0.3, 0.4) is 0 Å². The molecule has 0 aromatic heterocycles. The lowest BCUT2D eigenvalue weighted by atomic mass is 9.71. The molecule has 0 aliphatic heterocycles. The maximum absolute atomic E-state index is 12.4. The number of carbonyl (C=O) groups is 2. The minimum Gasteiger partial charge on any atom is -0.465 e. The van der Waals surface area contributed by atoms with E-state index in [9.17, 15) is 9.59 Å². The van der Waals surface area contributed by atoms with Gasteiger partial charge in [0.1, 0.15) is 11.2 Å². The molecular formula is C17H22O3S. The standard InChI is InChI=1S/C17H22O3S/c1-2-20-16(19)17(11-7-6-10-15(17)18)12-13-21-14-8-4-3-5-9-14/h3-5,8-9H,2,6-7,10-13H2,1H3. The van der Waals surface area contributed by atoms with Gasteiger partial charge in [0, 0.05) is 11.3 Å². The van der Waals surface area contributed by atoms with Crippen LogP contribution in [0.5, 0.6) is 0 Å². The SMILES string of the molecule is CCOC(=O)C1(CCSc2ccccc2)CCCCC1=O.